The van der Waals surface area contributed by atoms with Crippen LogP contribution in [0.3, 0.4) is 0 Å². The third kappa shape index (κ3) is 5.93. The number of carbonyl (C=O) groups is 3. The third-order valence-corrected chi connectivity index (χ3v) is 6.60. The normalized spacial score (nSPS) is 14.7. The molecule has 32 heavy (non-hydrogen) atoms. The zero-order valence-electron chi connectivity index (χ0n) is 18.8. The number of carbonyl (C=O) groups excluding carboxylic acids is 3. The monoisotopic (exact) mass is 458 g/mol. The zero-order chi connectivity index (χ0) is 23.1. The highest BCUT2D eigenvalue weighted by molar-refractivity contribution is 7.18. The summed E-state index contributed by atoms with van der Waals surface area (Å²) in [6, 6.07) is 10.3. The second kappa shape index (κ2) is 11.2. The van der Waals surface area contributed by atoms with Crippen LogP contribution in [0.5, 0.6) is 0 Å². The number of amides is 2. The smallest absolute Gasteiger partial charge is 0.341 e. The van der Waals surface area contributed by atoms with Crippen LogP contribution < -0.4 is 10.6 Å². The minimum absolute atomic E-state index is 0.211. The standard InChI is InChI=1S/C23H30N4O4S/c1-4-31-23(30)19-16(2)20(21(29)24-3)32-22(19)25-18(28)15-27-12-10-26(11-13-27)14-17-8-6-5-7-9-17/h5-9H,4,10-15H2,1-3H3,(H,24,29)(H,25,28). The molecule has 0 bridgehead atoms. The average Bonchev–Trinajstić information content (AvgIpc) is 3.11. The molecule has 2 amide bonds. The van der Waals surface area contributed by atoms with Crippen LogP contribution in [0.2, 0.25) is 0 Å². The Labute approximate surface area is 192 Å². The van der Waals surface area contributed by atoms with Crippen molar-refractivity contribution in [2.24, 2.45) is 0 Å². The van der Waals surface area contributed by atoms with Gasteiger partial charge in [0.1, 0.15) is 5.00 Å². The molecule has 0 radical (unpaired) electrons. The fourth-order valence-corrected chi connectivity index (χ4v) is 4.85. The van der Waals surface area contributed by atoms with Crippen molar-refractivity contribution in [3.05, 3.63) is 51.9 Å². The minimum atomic E-state index is -0.541. The molecule has 3 rings (SSSR count). The van der Waals surface area contributed by atoms with Crippen molar-refractivity contribution in [2.75, 3.05) is 51.7 Å². The maximum atomic E-state index is 12.7. The number of esters is 1. The van der Waals surface area contributed by atoms with Gasteiger partial charge in [0.15, 0.2) is 0 Å². The summed E-state index contributed by atoms with van der Waals surface area (Å²) < 4.78 is 5.14. The van der Waals surface area contributed by atoms with E-state index in [1.54, 1.807) is 13.8 Å². The molecule has 2 heterocycles. The van der Waals surface area contributed by atoms with E-state index in [0.717, 1.165) is 44.1 Å². The first-order valence-electron chi connectivity index (χ1n) is 10.7. The number of rotatable bonds is 8. The molecule has 0 aliphatic carbocycles. The molecule has 0 unspecified atom stereocenters. The summed E-state index contributed by atoms with van der Waals surface area (Å²) in [5, 5.41) is 5.75. The fourth-order valence-electron chi connectivity index (χ4n) is 3.70. The first-order valence-corrected chi connectivity index (χ1v) is 11.6. The first kappa shape index (κ1) is 23.9. The number of hydrogen-bond acceptors (Lipinski definition) is 7. The molecule has 1 fully saturated rings. The maximum absolute atomic E-state index is 12.7. The Hall–Kier alpha value is -2.75. The molecular weight excluding hydrogens is 428 g/mol. The van der Waals surface area contributed by atoms with Gasteiger partial charge in [-0.05, 0) is 25.0 Å². The summed E-state index contributed by atoms with van der Waals surface area (Å²) >= 11 is 1.09. The van der Waals surface area contributed by atoms with E-state index in [9.17, 15) is 14.4 Å². The van der Waals surface area contributed by atoms with Crippen LogP contribution in [0, 0.1) is 6.92 Å². The lowest BCUT2D eigenvalue weighted by molar-refractivity contribution is -0.117. The van der Waals surface area contributed by atoms with Crippen LogP contribution in [0.15, 0.2) is 30.3 Å². The highest BCUT2D eigenvalue weighted by atomic mass is 32.1. The van der Waals surface area contributed by atoms with E-state index in [-0.39, 0.29) is 30.5 Å². The van der Waals surface area contributed by atoms with Gasteiger partial charge in [-0.15, -0.1) is 11.3 Å². The third-order valence-electron chi connectivity index (χ3n) is 5.39. The van der Waals surface area contributed by atoms with Crippen molar-refractivity contribution in [1.82, 2.24) is 15.1 Å². The Morgan fingerprint density at radius 3 is 2.34 bits per heavy atom. The van der Waals surface area contributed by atoms with Crippen LogP contribution in [0.1, 0.15) is 38.1 Å². The quantitative estimate of drug-likeness (QED) is 0.590. The summed E-state index contributed by atoms with van der Waals surface area (Å²) in [6.07, 6.45) is 0. The SMILES string of the molecule is CCOC(=O)c1c(NC(=O)CN2CCN(Cc3ccccc3)CC2)sc(C(=O)NC)c1C. The molecule has 1 aliphatic heterocycles. The highest BCUT2D eigenvalue weighted by Crippen LogP contribution is 2.33. The number of piperazine rings is 1. The topological polar surface area (TPSA) is 91.0 Å². The largest absolute Gasteiger partial charge is 0.462 e. The fraction of sp³-hybridized carbons (Fsp3) is 0.435. The lowest BCUT2D eigenvalue weighted by Gasteiger charge is -2.34. The Bertz CT molecular complexity index is 952. The van der Waals surface area contributed by atoms with E-state index in [4.69, 9.17) is 4.74 Å². The van der Waals surface area contributed by atoms with E-state index in [2.05, 4.69) is 32.6 Å². The van der Waals surface area contributed by atoms with Crippen molar-refractivity contribution in [1.29, 1.82) is 0 Å². The van der Waals surface area contributed by atoms with Gasteiger partial charge in [-0.25, -0.2) is 4.79 Å². The molecule has 1 aromatic heterocycles. The van der Waals surface area contributed by atoms with E-state index in [1.807, 2.05) is 18.2 Å². The zero-order valence-corrected chi connectivity index (χ0v) is 19.6. The van der Waals surface area contributed by atoms with Crippen molar-refractivity contribution < 1.29 is 19.1 Å². The number of anilines is 1. The van der Waals surface area contributed by atoms with Gasteiger partial charge in [-0.2, -0.15) is 0 Å². The van der Waals surface area contributed by atoms with Gasteiger partial charge in [-0.3, -0.25) is 19.4 Å². The second-order valence-electron chi connectivity index (χ2n) is 7.65. The minimum Gasteiger partial charge on any atom is -0.462 e. The summed E-state index contributed by atoms with van der Waals surface area (Å²) in [5.41, 5.74) is 2.04. The summed E-state index contributed by atoms with van der Waals surface area (Å²) in [6.45, 7) is 8.10. The molecule has 1 saturated heterocycles. The molecular formula is C23H30N4O4S. The van der Waals surface area contributed by atoms with Crippen molar-refractivity contribution in [3.63, 3.8) is 0 Å². The predicted octanol–water partition coefficient (Wildman–Crippen LogP) is 2.35. The number of nitrogens with one attached hydrogen (secondary N) is 2. The summed E-state index contributed by atoms with van der Waals surface area (Å²) in [5.74, 6) is -1.05. The highest BCUT2D eigenvalue weighted by Gasteiger charge is 2.27. The maximum Gasteiger partial charge on any atom is 0.341 e. The molecule has 2 aromatic rings. The van der Waals surface area contributed by atoms with Crippen LogP contribution in [-0.2, 0) is 16.1 Å². The second-order valence-corrected chi connectivity index (χ2v) is 8.67. The molecule has 0 spiro atoms. The van der Waals surface area contributed by atoms with Gasteiger partial charge in [0.2, 0.25) is 5.91 Å². The van der Waals surface area contributed by atoms with E-state index < -0.39 is 5.97 Å². The van der Waals surface area contributed by atoms with Gasteiger partial charge in [0.25, 0.3) is 5.91 Å². The van der Waals surface area contributed by atoms with E-state index in [1.165, 1.54) is 12.6 Å². The van der Waals surface area contributed by atoms with Gasteiger partial charge < -0.3 is 15.4 Å². The Balaban J connectivity index is 1.60. The van der Waals surface area contributed by atoms with Crippen LogP contribution in [-0.4, -0.2) is 74.0 Å². The van der Waals surface area contributed by atoms with Crippen molar-refractivity contribution in [2.45, 2.75) is 20.4 Å². The Morgan fingerprint density at radius 1 is 1.06 bits per heavy atom. The van der Waals surface area contributed by atoms with Gasteiger partial charge in [0, 0.05) is 39.8 Å². The van der Waals surface area contributed by atoms with Gasteiger partial charge in [0.05, 0.1) is 23.6 Å². The van der Waals surface area contributed by atoms with Crippen molar-refractivity contribution in [3.8, 4) is 0 Å². The van der Waals surface area contributed by atoms with Crippen LogP contribution in [0.4, 0.5) is 5.00 Å². The lowest BCUT2D eigenvalue weighted by atomic mass is 10.1. The molecule has 0 saturated carbocycles. The molecule has 8 nitrogen and oxygen atoms in total. The summed E-state index contributed by atoms with van der Waals surface area (Å²) in [4.78, 5) is 42.2. The molecule has 2 N–H and O–H groups in total. The lowest BCUT2D eigenvalue weighted by Crippen LogP contribution is -2.48. The number of benzene rings is 1. The number of ether oxygens (including phenoxy) is 1. The molecule has 172 valence electrons. The number of thiophene rings is 1. The average molecular weight is 459 g/mol. The van der Waals surface area contributed by atoms with E-state index >= 15 is 0 Å². The van der Waals surface area contributed by atoms with Crippen LogP contribution in [0.25, 0.3) is 0 Å². The predicted molar refractivity (Wildman–Crippen MR) is 125 cm³/mol. The van der Waals surface area contributed by atoms with Crippen LogP contribution >= 0.6 is 11.3 Å². The summed E-state index contributed by atoms with van der Waals surface area (Å²) in [7, 11) is 1.53. The Kier molecular flexibility index (Phi) is 8.38. The van der Waals surface area contributed by atoms with Crippen molar-refractivity contribution >= 4 is 34.1 Å². The molecule has 0 atom stereocenters. The van der Waals surface area contributed by atoms with Gasteiger partial charge in [-0.1, -0.05) is 30.3 Å². The van der Waals surface area contributed by atoms with E-state index in [0.29, 0.717) is 15.4 Å². The number of hydrogen-bond donors (Lipinski definition) is 2. The van der Waals surface area contributed by atoms with Gasteiger partial charge >= 0.3 is 5.97 Å². The molecule has 1 aromatic carbocycles. The molecule has 1 aliphatic rings. The number of nitrogens with zero attached hydrogens (tertiary/aromatic N) is 2. The Morgan fingerprint density at radius 2 is 1.72 bits per heavy atom. The molecule has 9 heteroatoms. The first-order chi connectivity index (χ1) is 15.4.